The van der Waals surface area contributed by atoms with Crippen LogP contribution in [0.4, 0.5) is 43.9 Å². The highest BCUT2D eigenvalue weighted by Gasteiger charge is 2.75. The molecule has 0 aliphatic heterocycles. The standard InChI is InChI=1S/C34H47F10N3O4Si2.2CH4/c1-8-18-52(19-9-2,20-10-3)24-14-16-45-27(48)46(17-15-25-53(21-11-4,22-12-5)23-13-6)29(50)47(28(45)49)26-31(37,38)33(41,42)51-34(43,44)32(39,40)30(7,35)36;;/h8-13H,1-6,14-26H2,7H3;2*1H4. The number of ether oxygens (including phenoxy) is 1. The molecule has 0 aliphatic carbocycles. The zero-order valence-electron chi connectivity index (χ0n) is 29.7. The van der Waals surface area contributed by atoms with E-state index in [2.05, 4.69) is 44.2 Å². The van der Waals surface area contributed by atoms with Crippen molar-refractivity contribution >= 4 is 16.1 Å². The normalized spacial score (nSPS) is 12.9. The third-order valence-corrected chi connectivity index (χ3v) is 18.7. The lowest BCUT2D eigenvalue weighted by Crippen LogP contribution is -2.61. The van der Waals surface area contributed by atoms with Gasteiger partial charge in [-0.1, -0.05) is 63.4 Å². The molecule has 1 heterocycles. The van der Waals surface area contributed by atoms with E-state index in [9.17, 15) is 49.5 Å². The Bertz CT molecular complexity index is 1510. The molecule has 1 aromatic heterocycles. The Hall–Kier alpha value is -3.46. The maximum atomic E-state index is 15.1. The fraction of sp³-hybridized carbons (Fsp3) is 0.583. The minimum absolute atomic E-state index is 0. The monoisotopic (exact) mass is 839 g/mol. The van der Waals surface area contributed by atoms with Gasteiger partial charge in [0, 0.05) is 20.0 Å². The lowest BCUT2D eigenvalue weighted by atomic mass is 10.2. The largest absolute Gasteiger partial charge is 0.430 e. The first-order chi connectivity index (χ1) is 24.3. The Labute approximate surface area is 318 Å². The predicted octanol–water partition coefficient (Wildman–Crippen LogP) is 10.4. The van der Waals surface area contributed by atoms with E-state index in [1.165, 1.54) is 0 Å². The minimum Gasteiger partial charge on any atom is -0.247 e. The molecule has 0 amide bonds. The number of aromatic nitrogens is 3. The maximum Gasteiger partial charge on any atom is 0.430 e. The second-order valence-corrected chi connectivity index (χ2v) is 22.7. The van der Waals surface area contributed by atoms with Crippen molar-refractivity contribution in [2.75, 3.05) is 0 Å². The Morgan fingerprint density at radius 3 is 1.11 bits per heavy atom. The molecule has 0 N–H and O–H groups in total. The summed E-state index contributed by atoms with van der Waals surface area (Å²) in [5, 5.41) is 0. The van der Waals surface area contributed by atoms with Crippen LogP contribution in [0.2, 0.25) is 48.4 Å². The maximum absolute atomic E-state index is 15.1. The molecule has 55 heavy (non-hydrogen) atoms. The molecule has 7 nitrogen and oxygen atoms in total. The molecule has 0 aliphatic rings. The summed E-state index contributed by atoms with van der Waals surface area (Å²) in [5.74, 6) is -18.5. The van der Waals surface area contributed by atoms with Crippen LogP contribution in [-0.4, -0.2) is 59.8 Å². The SMILES string of the molecule is C.C.C=CC[Si](CC=C)(CC=C)CCCn1c(=O)n(CCC[Si](CC=C)(CC=C)CC=C)c(=O)n(CC(F)(F)C(F)(F)OC(F)(F)C(F)(F)C(C)(F)F)c1=O. The van der Waals surface area contributed by atoms with Gasteiger partial charge in [0.05, 0.1) is 16.1 Å². The van der Waals surface area contributed by atoms with Crippen LogP contribution in [0.3, 0.4) is 0 Å². The van der Waals surface area contributed by atoms with E-state index < -0.39 is 94.3 Å². The van der Waals surface area contributed by atoms with Gasteiger partial charge in [0.2, 0.25) is 0 Å². The van der Waals surface area contributed by atoms with Gasteiger partial charge in [-0.15, -0.1) is 39.5 Å². The average Bonchev–Trinajstić information content (AvgIpc) is 3.02. The zero-order chi connectivity index (χ0) is 41.1. The van der Waals surface area contributed by atoms with E-state index in [1.807, 2.05) is 0 Å². The lowest BCUT2D eigenvalue weighted by Gasteiger charge is -2.34. The first-order valence-electron chi connectivity index (χ1n) is 16.5. The van der Waals surface area contributed by atoms with Crippen LogP contribution in [0.15, 0.2) is 90.3 Å². The lowest BCUT2D eigenvalue weighted by molar-refractivity contribution is -0.485. The molecular weight excluding hydrogens is 785 g/mol. The summed E-state index contributed by atoms with van der Waals surface area (Å²) in [4.78, 5) is 40.5. The van der Waals surface area contributed by atoms with Crippen molar-refractivity contribution in [2.45, 2.75) is 133 Å². The van der Waals surface area contributed by atoms with Crippen LogP contribution < -0.4 is 17.1 Å². The van der Waals surface area contributed by atoms with Crippen LogP contribution >= 0.6 is 0 Å². The molecule has 0 radical (unpaired) electrons. The Balaban J connectivity index is 0. The van der Waals surface area contributed by atoms with Gasteiger partial charge in [-0.25, -0.2) is 32.8 Å². The quantitative estimate of drug-likeness (QED) is 0.0502. The highest BCUT2D eigenvalue weighted by molar-refractivity contribution is 6.81. The molecule has 0 saturated heterocycles. The average molecular weight is 840 g/mol. The van der Waals surface area contributed by atoms with E-state index in [-0.39, 0.29) is 27.7 Å². The summed E-state index contributed by atoms with van der Waals surface area (Å²) in [5.41, 5.74) is -4.94. The number of nitrogens with zero attached hydrogens (tertiary/aromatic N) is 3. The molecule has 0 bridgehead atoms. The summed E-state index contributed by atoms with van der Waals surface area (Å²) in [6.45, 7) is 18.0. The van der Waals surface area contributed by atoms with E-state index >= 15 is 8.78 Å². The second-order valence-electron chi connectivity index (χ2n) is 13.2. The van der Waals surface area contributed by atoms with E-state index in [4.69, 9.17) is 0 Å². The number of alkyl halides is 10. The molecule has 19 heteroatoms. The minimum atomic E-state index is -6.86. The van der Waals surface area contributed by atoms with Gasteiger partial charge < -0.3 is 0 Å². The third kappa shape index (κ3) is 12.8. The van der Waals surface area contributed by atoms with Crippen molar-refractivity contribution in [3.05, 3.63) is 107 Å². The molecule has 0 atom stereocenters. The number of halogens is 10. The highest BCUT2D eigenvalue weighted by atomic mass is 28.3. The molecular formula is C36H55F10N3O4Si2. The number of rotatable bonds is 27. The summed E-state index contributed by atoms with van der Waals surface area (Å²) in [6, 6.07) is 4.15. The zero-order valence-corrected chi connectivity index (χ0v) is 31.7. The van der Waals surface area contributed by atoms with Crippen molar-refractivity contribution in [2.24, 2.45) is 0 Å². The Morgan fingerprint density at radius 2 is 0.836 bits per heavy atom. The van der Waals surface area contributed by atoms with Crippen LogP contribution in [0.5, 0.6) is 0 Å². The van der Waals surface area contributed by atoms with Crippen molar-refractivity contribution in [1.82, 2.24) is 13.7 Å². The second kappa shape index (κ2) is 21.2. The summed E-state index contributed by atoms with van der Waals surface area (Å²) >= 11 is 0. The van der Waals surface area contributed by atoms with Crippen molar-refractivity contribution < 1.29 is 48.6 Å². The van der Waals surface area contributed by atoms with Gasteiger partial charge >= 0.3 is 47.1 Å². The van der Waals surface area contributed by atoms with E-state index in [0.717, 1.165) is 0 Å². The summed E-state index contributed by atoms with van der Waals surface area (Å²) in [6.07, 6.45) is -3.35. The smallest absolute Gasteiger partial charge is 0.247 e. The molecule has 0 saturated carbocycles. The van der Waals surface area contributed by atoms with Gasteiger partial charge in [-0.3, -0.25) is 0 Å². The molecule has 1 aromatic rings. The summed E-state index contributed by atoms with van der Waals surface area (Å²) < 4.78 is 143. The third-order valence-electron chi connectivity index (χ3n) is 8.98. The van der Waals surface area contributed by atoms with Crippen LogP contribution in [0.25, 0.3) is 0 Å². The molecule has 0 aromatic carbocycles. The van der Waals surface area contributed by atoms with Gasteiger partial charge in [0.1, 0.15) is 6.54 Å². The molecule has 0 spiro atoms. The fourth-order valence-electron chi connectivity index (χ4n) is 6.22. The van der Waals surface area contributed by atoms with Gasteiger partial charge in [0.15, 0.2) is 0 Å². The first kappa shape index (κ1) is 53.6. The van der Waals surface area contributed by atoms with E-state index in [1.54, 1.807) is 36.5 Å². The van der Waals surface area contributed by atoms with Crippen LogP contribution in [0, 0.1) is 0 Å². The number of allylic oxidation sites excluding steroid dienone is 6. The van der Waals surface area contributed by atoms with Crippen molar-refractivity contribution in [3.63, 3.8) is 0 Å². The Morgan fingerprint density at radius 1 is 0.545 bits per heavy atom. The van der Waals surface area contributed by atoms with Gasteiger partial charge in [-0.2, -0.15) is 43.9 Å². The van der Waals surface area contributed by atoms with Crippen LogP contribution in [-0.2, 0) is 24.4 Å². The molecule has 0 unspecified atom stereocenters. The number of hydrogen-bond donors (Lipinski definition) is 0. The van der Waals surface area contributed by atoms with E-state index in [0.29, 0.717) is 57.5 Å². The topological polar surface area (TPSA) is 75.2 Å². The predicted molar refractivity (Wildman–Crippen MR) is 205 cm³/mol. The molecule has 316 valence electrons. The molecule has 1 rings (SSSR count). The van der Waals surface area contributed by atoms with Gasteiger partial charge in [0.25, 0.3) is 0 Å². The first-order valence-corrected chi connectivity index (χ1v) is 22.2. The highest BCUT2D eigenvalue weighted by Crippen LogP contribution is 2.50. The molecule has 0 fully saturated rings. The van der Waals surface area contributed by atoms with Crippen LogP contribution in [0.1, 0.15) is 34.6 Å². The number of hydrogen-bond acceptors (Lipinski definition) is 4. The van der Waals surface area contributed by atoms with Crippen molar-refractivity contribution in [3.8, 4) is 0 Å². The summed E-state index contributed by atoms with van der Waals surface area (Å²) in [7, 11) is -4.58. The van der Waals surface area contributed by atoms with Gasteiger partial charge in [-0.05, 0) is 49.1 Å². The fourth-order valence-corrected chi connectivity index (χ4v) is 13.9. The van der Waals surface area contributed by atoms with Crippen molar-refractivity contribution in [1.29, 1.82) is 0 Å². The Kier molecular flexibility index (Phi) is 20.7.